The third-order valence-electron chi connectivity index (χ3n) is 2.74. The van der Waals surface area contributed by atoms with E-state index in [1.54, 1.807) is 12.1 Å². The van der Waals surface area contributed by atoms with E-state index in [2.05, 4.69) is 10.3 Å². The number of nitrogen functional groups attached to an aromatic ring is 1. The molecule has 1 amide bonds. The standard InChI is InChI=1S/C14H14ClN3O3/c1-20-12-5-11(13(21-2)4-10(12)15)18-14(19)8-3-9(16)7-17-6-8/h3-7H,16H2,1-2H3,(H,18,19). The van der Waals surface area contributed by atoms with Crippen molar-refractivity contribution in [3.8, 4) is 11.5 Å². The molecular formula is C14H14ClN3O3. The summed E-state index contributed by atoms with van der Waals surface area (Å²) in [7, 11) is 2.97. The van der Waals surface area contributed by atoms with Crippen molar-refractivity contribution < 1.29 is 14.3 Å². The van der Waals surface area contributed by atoms with Crippen molar-refractivity contribution >= 4 is 28.9 Å². The number of anilines is 2. The van der Waals surface area contributed by atoms with E-state index in [1.807, 2.05) is 0 Å². The predicted octanol–water partition coefficient (Wildman–Crippen LogP) is 2.59. The smallest absolute Gasteiger partial charge is 0.257 e. The minimum atomic E-state index is -0.363. The third-order valence-corrected chi connectivity index (χ3v) is 3.04. The molecule has 1 aromatic heterocycles. The van der Waals surface area contributed by atoms with Gasteiger partial charge >= 0.3 is 0 Å². The molecule has 0 fully saturated rings. The maximum Gasteiger partial charge on any atom is 0.257 e. The molecule has 7 heteroatoms. The molecule has 1 heterocycles. The van der Waals surface area contributed by atoms with Gasteiger partial charge in [-0.25, -0.2) is 0 Å². The first-order valence-corrected chi connectivity index (χ1v) is 6.36. The van der Waals surface area contributed by atoms with Crippen LogP contribution in [0, 0.1) is 0 Å². The molecule has 1 aromatic carbocycles. The number of ether oxygens (including phenoxy) is 2. The van der Waals surface area contributed by atoms with Crippen LogP contribution in [0.15, 0.2) is 30.6 Å². The van der Waals surface area contributed by atoms with Gasteiger partial charge in [0.15, 0.2) is 0 Å². The summed E-state index contributed by atoms with van der Waals surface area (Å²) in [5, 5.41) is 3.10. The van der Waals surface area contributed by atoms with Gasteiger partial charge in [0, 0.05) is 24.5 Å². The normalized spacial score (nSPS) is 10.0. The van der Waals surface area contributed by atoms with Gasteiger partial charge in [0.1, 0.15) is 11.5 Å². The van der Waals surface area contributed by atoms with Gasteiger partial charge in [-0.1, -0.05) is 11.6 Å². The Bertz CT molecular complexity index is 677. The van der Waals surface area contributed by atoms with Crippen molar-refractivity contribution in [2.45, 2.75) is 0 Å². The minimum absolute atomic E-state index is 0.339. The van der Waals surface area contributed by atoms with Gasteiger partial charge in [-0.2, -0.15) is 0 Å². The molecular weight excluding hydrogens is 294 g/mol. The van der Waals surface area contributed by atoms with Crippen LogP contribution in [0.1, 0.15) is 10.4 Å². The molecule has 6 nitrogen and oxygen atoms in total. The van der Waals surface area contributed by atoms with Crippen LogP contribution >= 0.6 is 11.6 Å². The van der Waals surface area contributed by atoms with E-state index in [4.69, 9.17) is 26.8 Å². The lowest BCUT2D eigenvalue weighted by Gasteiger charge is -2.13. The highest BCUT2D eigenvalue weighted by Gasteiger charge is 2.14. The second kappa shape index (κ2) is 6.32. The van der Waals surface area contributed by atoms with Crippen molar-refractivity contribution in [2.24, 2.45) is 0 Å². The van der Waals surface area contributed by atoms with Crippen molar-refractivity contribution in [2.75, 3.05) is 25.3 Å². The van der Waals surface area contributed by atoms with Crippen LogP contribution in [0.5, 0.6) is 11.5 Å². The van der Waals surface area contributed by atoms with E-state index in [0.29, 0.717) is 33.5 Å². The summed E-state index contributed by atoms with van der Waals surface area (Å²) in [4.78, 5) is 16.1. The number of halogens is 1. The molecule has 0 radical (unpaired) electrons. The van der Waals surface area contributed by atoms with E-state index < -0.39 is 0 Å². The highest BCUT2D eigenvalue weighted by Crippen LogP contribution is 2.36. The molecule has 0 aliphatic heterocycles. The number of nitrogens with one attached hydrogen (secondary N) is 1. The number of carbonyl (C=O) groups is 1. The van der Waals surface area contributed by atoms with E-state index in [0.717, 1.165) is 0 Å². The topological polar surface area (TPSA) is 86.5 Å². The zero-order valence-corrected chi connectivity index (χ0v) is 12.3. The monoisotopic (exact) mass is 307 g/mol. The maximum atomic E-state index is 12.2. The molecule has 0 bridgehead atoms. The lowest BCUT2D eigenvalue weighted by molar-refractivity contribution is 0.102. The number of pyridine rings is 1. The van der Waals surface area contributed by atoms with Crippen molar-refractivity contribution in [3.05, 3.63) is 41.2 Å². The van der Waals surface area contributed by atoms with Crippen LogP contribution in [0.25, 0.3) is 0 Å². The SMILES string of the molecule is COc1cc(NC(=O)c2cncc(N)c2)c(OC)cc1Cl. The lowest BCUT2D eigenvalue weighted by Crippen LogP contribution is -2.13. The van der Waals surface area contributed by atoms with E-state index in [-0.39, 0.29) is 5.91 Å². The number of methoxy groups -OCH3 is 2. The summed E-state index contributed by atoms with van der Waals surface area (Å²) in [5.41, 5.74) is 6.79. The van der Waals surface area contributed by atoms with Crippen molar-refractivity contribution in [3.63, 3.8) is 0 Å². The number of nitrogens with two attached hydrogens (primary N) is 1. The zero-order valence-electron chi connectivity index (χ0n) is 11.5. The predicted molar refractivity (Wildman–Crippen MR) is 81.2 cm³/mol. The fourth-order valence-electron chi connectivity index (χ4n) is 1.73. The van der Waals surface area contributed by atoms with Crippen LogP contribution in [-0.2, 0) is 0 Å². The van der Waals surface area contributed by atoms with Gasteiger partial charge in [0.25, 0.3) is 5.91 Å². The van der Waals surface area contributed by atoms with Gasteiger partial charge in [-0.3, -0.25) is 9.78 Å². The first kappa shape index (κ1) is 14.9. The Balaban J connectivity index is 2.32. The fourth-order valence-corrected chi connectivity index (χ4v) is 1.97. The number of carbonyl (C=O) groups excluding carboxylic acids is 1. The van der Waals surface area contributed by atoms with Gasteiger partial charge < -0.3 is 20.5 Å². The van der Waals surface area contributed by atoms with Crippen LogP contribution < -0.4 is 20.5 Å². The number of benzene rings is 1. The van der Waals surface area contributed by atoms with Gasteiger partial charge in [-0.15, -0.1) is 0 Å². The molecule has 0 saturated heterocycles. The average molecular weight is 308 g/mol. The number of aromatic nitrogens is 1. The quantitative estimate of drug-likeness (QED) is 0.906. The molecule has 0 aliphatic carbocycles. The summed E-state index contributed by atoms with van der Waals surface area (Å²) in [6, 6.07) is 4.67. The molecule has 0 unspecified atom stereocenters. The molecule has 2 rings (SSSR count). The number of hydrogen-bond acceptors (Lipinski definition) is 5. The molecule has 3 N–H and O–H groups in total. The Morgan fingerprint density at radius 2 is 1.90 bits per heavy atom. The summed E-state index contributed by atoms with van der Waals surface area (Å²) >= 11 is 6.01. The second-order valence-electron chi connectivity index (χ2n) is 4.15. The largest absolute Gasteiger partial charge is 0.495 e. The summed E-state index contributed by atoms with van der Waals surface area (Å²) in [6.45, 7) is 0. The maximum absolute atomic E-state index is 12.2. The van der Waals surface area contributed by atoms with E-state index >= 15 is 0 Å². The van der Waals surface area contributed by atoms with Crippen LogP contribution in [0.4, 0.5) is 11.4 Å². The van der Waals surface area contributed by atoms with Crippen molar-refractivity contribution in [1.82, 2.24) is 4.98 Å². The summed E-state index contributed by atoms with van der Waals surface area (Å²) in [5.74, 6) is 0.488. The zero-order chi connectivity index (χ0) is 15.4. The Labute approximate surface area is 126 Å². The number of nitrogens with zero attached hydrogens (tertiary/aromatic N) is 1. The minimum Gasteiger partial charge on any atom is -0.495 e. The van der Waals surface area contributed by atoms with Crippen LogP contribution in [0.2, 0.25) is 5.02 Å². The first-order chi connectivity index (χ1) is 10.0. The number of hydrogen-bond donors (Lipinski definition) is 2. The Morgan fingerprint density at radius 1 is 1.19 bits per heavy atom. The average Bonchev–Trinajstić information content (AvgIpc) is 2.48. The highest BCUT2D eigenvalue weighted by atomic mass is 35.5. The summed E-state index contributed by atoms with van der Waals surface area (Å²) in [6.07, 6.45) is 2.88. The molecule has 2 aromatic rings. The lowest BCUT2D eigenvalue weighted by atomic mass is 10.2. The van der Waals surface area contributed by atoms with Crippen LogP contribution in [-0.4, -0.2) is 25.1 Å². The number of amides is 1. The Hall–Kier alpha value is -2.47. The van der Waals surface area contributed by atoms with Gasteiger partial charge in [-0.05, 0) is 6.07 Å². The van der Waals surface area contributed by atoms with E-state index in [9.17, 15) is 4.79 Å². The Kier molecular flexibility index (Phi) is 4.49. The third kappa shape index (κ3) is 3.35. The molecule has 0 spiro atoms. The van der Waals surface area contributed by atoms with Crippen molar-refractivity contribution in [1.29, 1.82) is 0 Å². The van der Waals surface area contributed by atoms with E-state index in [1.165, 1.54) is 32.7 Å². The molecule has 21 heavy (non-hydrogen) atoms. The Morgan fingerprint density at radius 3 is 2.52 bits per heavy atom. The first-order valence-electron chi connectivity index (χ1n) is 5.98. The molecule has 0 saturated carbocycles. The van der Waals surface area contributed by atoms with Gasteiger partial charge in [0.2, 0.25) is 0 Å². The fraction of sp³-hybridized carbons (Fsp3) is 0.143. The molecule has 0 atom stereocenters. The van der Waals surface area contributed by atoms with Gasteiger partial charge in [0.05, 0.1) is 36.2 Å². The molecule has 110 valence electrons. The van der Waals surface area contributed by atoms with Crippen LogP contribution in [0.3, 0.4) is 0 Å². The molecule has 0 aliphatic rings. The summed E-state index contributed by atoms with van der Waals surface area (Å²) < 4.78 is 10.3. The number of rotatable bonds is 4. The second-order valence-corrected chi connectivity index (χ2v) is 4.56. The highest BCUT2D eigenvalue weighted by molar-refractivity contribution is 6.32.